The molecule has 0 saturated heterocycles. The molecule has 1 fully saturated rings. The lowest BCUT2D eigenvalue weighted by atomic mass is 10.0. The van der Waals surface area contributed by atoms with Gasteiger partial charge in [-0.1, -0.05) is 24.6 Å². The van der Waals surface area contributed by atoms with E-state index < -0.39 is 0 Å². The van der Waals surface area contributed by atoms with Crippen molar-refractivity contribution < 1.29 is 4.79 Å². The fourth-order valence-electron chi connectivity index (χ4n) is 2.91. The Morgan fingerprint density at radius 2 is 2.00 bits per heavy atom. The largest absolute Gasteiger partial charge is 0.354 e. The molecule has 132 valence electrons. The average Bonchev–Trinajstić information content (AvgIpc) is 3.17. The van der Waals surface area contributed by atoms with Crippen LogP contribution in [0.15, 0.2) is 40.8 Å². The number of nitrogens with zero attached hydrogens (tertiary/aromatic N) is 4. The molecule has 7 nitrogen and oxygen atoms in total. The van der Waals surface area contributed by atoms with Gasteiger partial charge in [-0.05, 0) is 18.9 Å². The molecular formula is C17H21N5O2S. The van der Waals surface area contributed by atoms with Gasteiger partial charge in [-0.15, -0.1) is 0 Å². The second kappa shape index (κ2) is 8.75. The second-order valence-electron chi connectivity index (χ2n) is 6.00. The summed E-state index contributed by atoms with van der Waals surface area (Å²) in [7, 11) is 0. The van der Waals surface area contributed by atoms with Crippen molar-refractivity contribution in [1.82, 2.24) is 24.8 Å². The van der Waals surface area contributed by atoms with Gasteiger partial charge < -0.3 is 5.32 Å². The Balaban J connectivity index is 1.43. The monoisotopic (exact) mass is 359 g/mol. The SMILES string of the molecule is O=C(CSc1ncccn1)NCCn1cnc(C2CCCC2)cc1=O. The molecule has 8 heteroatoms. The Morgan fingerprint density at radius 3 is 2.72 bits per heavy atom. The van der Waals surface area contributed by atoms with Gasteiger partial charge in [0.15, 0.2) is 5.16 Å². The molecule has 0 aromatic carbocycles. The Morgan fingerprint density at radius 1 is 1.24 bits per heavy atom. The Hall–Kier alpha value is -2.22. The van der Waals surface area contributed by atoms with Crippen molar-refractivity contribution in [1.29, 1.82) is 0 Å². The number of carbonyl (C=O) groups excluding carboxylic acids is 1. The summed E-state index contributed by atoms with van der Waals surface area (Å²) in [4.78, 5) is 36.5. The molecule has 0 aliphatic heterocycles. The number of nitrogens with one attached hydrogen (secondary N) is 1. The van der Waals surface area contributed by atoms with E-state index in [0.717, 1.165) is 18.5 Å². The lowest BCUT2D eigenvalue weighted by Crippen LogP contribution is -2.32. The first-order chi connectivity index (χ1) is 12.2. The molecule has 2 heterocycles. The van der Waals surface area contributed by atoms with E-state index >= 15 is 0 Å². The van der Waals surface area contributed by atoms with Gasteiger partial charge >= 0.3 is 0 Å². The lowest BCUT2D eigenvalue weighted by Gasteiger charge is -2.10. The third-order valence-corrected chi connectivity index (χ3v) is 5.10. The zero-order valence-electron chi connectivity index (χ0n) is 13.9. The van der Waals surface area contributed by atoms with Crippen LogP contribution in [0.5, 0.6) is 0 Å². The highest BCUT2D eigenvalue weighted by molar-refractivity contribution is 7.99. The maximum Gasteiger partial charge on any atom is 0.253 e. The molecule has 0 atom stereocenters. The predicted octanol–water partition coefficient (Wildman–Crippen LogP) is 1.60. The molecule has 0 radical (unpaired) electrons. The number of thioether (sulfide) groups is 1. The molecule has 25 heavy (non-hydrogen) atoms. The summed E-state index contributed by atoms with van der Waals surface area (Å²) in [6, 6.07) is 3.37. The number of amides is 1. The highest BCUT2D eigenvalue weighted by atomic mass is 32.2. The van der Waals surface area contributed by atoms with Crippen molar-refractivity contribution in [3.05, 3.63) is 46.9 Å². The number of hydrogen-bond acceptors (Lipinski definition) is 6. The summed E-state index contributed by atoms with van der Waals surface area (Å²) in [5, 5.41) is 3.37. The van der Waals surface area contributed by atoms with E-state index in [2.05, 4.69) is 20.3 Å². The lowest BCUT2D eigenvalue weighted by molar-refractivity contribution is -0.118. The highest BCUT2D eigenvalue weighted by Gasteiger charge is 2.18. The maximum absolute atomic E-state index is 12.2. The van der Waals surface area contributed by atoms with E-state index in [9.17, 15) is 9.59 Å². The highest BCUT2D eigenvalue weighted by Crippen LogP contribution is 2.32. The van der Waals surface area contributed by atoms with Gasteiger partial charge in [-0.3, -0.25) is 14.2 Å². The first-order valence-corrected chi connectivity index (χ1v) is 9.44. The average molecular weight is 359 g/mol. The molecule has 2 aromatic heterocycles. The van der Waals surface area contributed by atoms with Gasteiger partial charge in [0.25, 0.3) is 5.56 Å². The van der Waals surface area contributed by atoms with Gasteiger partial charge in [0.05, 0.1) is 17.8 Å². The Kier molecular flexibility index (Phi) is 6.16. The molecule has 0 bridgehead atoms. The summed E-state index contributed by atoms with van der Waals surface area (Å²) in [6.07, 6.45) is 9.55. The van der Waals surface area contributed by atoms with Crippen LogP contribution in [0, 0.1) is 0 Å². The molecule has 1 amide bonds. The smallest absolute Gasteiger partial charge is 0.253 e. The van der Waals surface area contributed by atoms with Crippen LogP contribution in [0.2, 0.25) is 0 Å². The van der Waals surface area contributed by atoms with Crippen LogP contribution in [0.4, 0.5) is 0 Å². The molecule has 1 N–H and O–H groups in total. The minimum atomic E-state index is -0.110. The van der Waals surface area contributed by atoms with E-state index in [4.69, 9.17) is 0 Å². The first-order valence-electron chi connectivity index (χ1n) is 8.45. The van der Waals surface area contributed by atoms with Crippen LogP contribution in [-0.2, 0) is 11.3 Å². The summed E-state index contributed by atoms with van der Waals surface area (Å²) < 4.78 is 1.53. The van der Waals surface area contributed by atoms with E-state index in [-0.39, 0.29) is 17.2 Å². The number of carbonyl (C=O) groups is 1. The zero-order chi connectivity index (χ0) is 17.5. The second-order valence-corrected chi connectivity index (χ2v) is 6.94. The van der Waals surface area contributed by atoms with Gasteiger partial charge in [0.2, 0.25) is 5.91 Å². The van der Waals surface area contributed by atoms with Crippen molar-refractivity contribution in [2.75, 3.05) is 12.3 Å². The summed E-state index contributed by atoms with van der Waals surface area (Å²) in [6.45, 7) is 0.800. The summed E-state index contributed by atoms with van der Waals surface area (Å²) >= 11 is 1.28. The minimum Gasteiger partial charge on any atom is -0.354 e. The molecule has 1 aliphatic carbocycles. The fourth-order valence-corrected chi connectivity index (χ4v) is 3.54. The van der Waals surface area contributed by atoms with Gasteiger partial charge in [-0.2, -0.15) is 0 Å². The molecule has 1 saturated carbocycles. The van der Waals surface area contributed by atoms with E-state index in [1.807, 2.05) is 0 Å². The molecule has 2 aromatic rings. The van der Waals surface area contributed by atoms with Crippen LogP contribution in [-0.4, -0.2) is 37.7 Å². The van der Waals surface area contributed by atoms with Crippen LogP contribution >= 0.6 is 11.8 Å². The fraction of sp³-hybridized carbons (Fsp3) is 0.471. The third-order valence-electron chi connectivity index (χ3n) is 4.22. The molecular weight excluding hydrogens is 338 g/mol. The normalized spacial score (nSPS) is 14.6. The minimum absolute atomic E-state index is 0.0572. The Bertz CT molecular complexity index is 759. The van der Waals surface area contributed by atoms with Gasteiger partial charge in [0.1, 0.15) is 0 Å². The van der Waals surface area contributed by atoms with Crippen LogP contribution in [0.25, 0.3) is 0 Å². The molecule has 3 rings (SSSR count). The predicted molar refractivity (Wildman–Crippen MR) is 95.5 cm³/mol. The third kappa shape index (κ3) is 5.12. The van der Waals surface area contributed by atoms with Crippen molar-refractivity contribution in [2.24, 2.45) is 0 Å². The van der Waals surface area contributed by atoms with E-state index in [1.165, 1.54) is 29.2 Å². The van der Waals surface area contributed by atoms with Crippen LogP contribution in [0.1, 0.15) is 37.3 Å². The van der Waals surface area contributed by atoms with Crippen molar-refractivity contribution in [3.8, 4) is 0 Å². The summed E-state index contributed by atoms with van der Waals surface area (Å²) in [5.74, 6) is 0.568. The van der Waals surface area contributed by atoms with Gasteiger partial charge in [-0.25, -0.2) is 15.0 Å². The van der Waals surface area contributed by atoms with Crippen molar-refractivity contribution in [2.45, 2.75) is 43.3 Å². The molecule has 1 aliphatic rings. The maximum atomic E-state index is 12.2. The van der Waals surface area contributed by atoms with E-state index in [0.29, 0.717) is 24.2 Å². The standard InChI is InChI=1S/C17H21N5O2S/c23-15(11-25-17-19-6-3-7-20-17)18-8-9-22-12-21-14(10-16(22)24)13-4-1-2-5-13/h3,6-7,10,12-13H,1-2,4-5,8-9,11H2,(H,18,23). The van der Waals surface area contributed by atoms with E-state index in [1.54, 1.807) is 30.9 Å². The number of hydrogen-bond donors (Lipinski definition) is 1. The van der Waals surface area contributed by atoms with Crippen molar-refractivity contribution >= 4 is 17.7 Å². The quantitative estimate of drug-likeness (QED) is 0.597. The zero-order valence-corrected chi connectivity index (χ0v) is 14.7. The Labute approximate surface area is 150 Å². The van der Waals surface area contributed by atoms with Crippen LogP contribution < -0.4 is 10.9 Å². The molecule has 0 spiro atoms. The van der Waals surface area contributed by atoms with Gasteiger partial charge in [0, 0.05) is 37.5 Å². The summed E-state index contributed by atoms with van der Waals surface area (Å²) in [5.41, 5.74) is 0.847. The number of aromatic nitrogens is 4. The topological polar surface area (TPSA) is 89.8 Å². The number of rotatable bonds is 7. The van der Waals surface area contributed by atoms with Crippen molar-refractivity contribution in [3.63, 3.8) is 0 Å². The van der Waals surface area contributed by atoms with Crippen LogP contribution in [0.3, 0.4) is 0 Å². The first kappa shape index (κ1) is 17.6. The molecule has 0 unspecified atom stereocenters.